The molecular weight excluding hydrogens is 285 g/mol. The molecule has 102 valence electrons. The van der Waals surface area contributed by atoms with Crippen molar-refractivity contribution < 1.29 is 0 Å². The lowest BCUT2D eigenvalue weighted by atomic mass is 10.1. The van der Waals surface area contributed by atoms with E-state index in [0.717, 1.165) is 5.56 Å². The van der Waals surface area contributed by atoms with E-state index in [-0.39, 0.29) is 5.56 Å². The van der Waals surface area contributed by atoms with Crippen molar-refractivity contribution in [3.63, 3.8) is 0 Å². The zero-order valence-corrected chi connectivity index (χ0v) is 12.5. The highest BCUT2D eigenvalue weighted by atomic mass is 35.5. The van der Waals surface area contributed by atoms with Gasteiger partial charge in [-0.3, -0.25) is 4.79 Å². The second-order valence-electron chi connectivity index (χ2n) is 3.81. The van der Waals surface area contributed by atoms with Gasteiger partial charge in [-0.05, 0) is 32.3 Å². The summed E-state index contributed by atoms with van der Waals surface area (Å²) in [5.74, 6) is 0. The fourth-order valence-corrected chi connectivity index (χ4v) is 1.61. The summed E-state index contributed by atoms with van der Waals surface area (Å²) in [4.78, 5) is 11.2. The van der Waals surface area contributed by atoms with Gasteiger partial charge in [0.25, 0.3) is 5.56 Å². The normalized spacial score (nSPS) is 9.74. The standard InChI is InChI=1S/C11H8Cl2N2O.C2H7N/c1-15-11(16)5-4-10(14-15)7-2-3-8(12)9(13)6-7;1-3-2/h2-6H,1H3;3H,1-2H3. The van der Waals surface area contributed by atoms with Crippen molar-refractivity contribution in [3.05, 3.63) is 50.7 Å². The molecule has 0 aliphatic heterocycles. The predicted molar refractivity (Wildman–Crippen MR) is 79.9 cm³/mol. The SMILES string of the molecule is CNC.Cn1nc(-c2ccc(Cl)c(Cl)c2)ccc1=O. The lowest BCUT2D eigenvalue weighted by molar-refractivity contribution is 0.712. The van der Waals surface area contributed by atoms with E-state index in [1.807, 2.05) is 14.1 Å². The highest BCUT2D eigenvalue weighted by Gasteiger charge is 2.04. The number of halogens is 2. The first-order valence-electron chi connectivity index (χ1n) is 5.58. The molecule has 0 saturated heterocycles. The van der Waals surface area contributed by atoms with Crippen molar-refractivity contribution in [1.82, 2.24) is 15.1 Å². The van der Waals surface area contributed by atoms with Gasteiger partial charge in [0.15, 0.2) is 0 Å². The Kier molecular flexibility index (Phi) is 6.02. The number of nitrogens with one attached hydrogen (secondary N) is 1. The third kappa shape index (κ3) is 4.35. The topological polar surface area (TPSA) is 46.9 Å². The Balaban J connectivity index is 0.000000550. The van der Waals surface area contributed by atoms with Gasteiger partial charge in [0.05, 0.1) is 15.7 Å². The summed E-state index contributed by atoms with van der Waals surface area (Å²) in [6.45, 7) is 0. The van der Waals surface area contributed by atoms with Crippen molar-refractivity contribution in [1.29, 1.82) is 0 Å². The molecule has 0 saturated carbocycles. The van der Waals surface area contributed by atoms with Gasteiger partial charge in [0.2, 0.25) is 0 Å². The van der Waals surface area contributed by atoms with Crippen LogP contribution in [0.3, 0.4) is 0 Å². The zero-order chi connectivity index (χ0) is 14.4. The predicted octanol–water partition coefficient (Wildman–Crippen LogP) is 2.59. The molecule has 0 bridgehead atoms. The minimum absolute atomic E-state index is 0.149. The summed E-state index contributed by atoms with van der Waals surface area (Å²) in [6.07, 6.45) is 0. The fraction of sp³-hybridized carbons (Fsp3) is 0.231. The van der Waals surface area contributed by atoms with Crippen molar-refractivity contribution in [2.75, 3.05) is 14.1 Å². The summed E-state index contributed by atoms with van der Waals surface area (Å²) >= 11 is 11.7. The molecule has 1 heterocycles. The molecular formula is C13H15Cl2N3O. The molecule has 0 spiro atoms. The second kappa shape index (κ2) is 7.28. The number of aromatic nitrogens is 2. The van der Waals surface area contributed by atoms with Crippen LogP contribution in [0.15, 0.2) is 35.1 Å². The van der Waals surface area contributed by atoms with Crippen molar-refractivity contribution >= 4 is 23.2 Å². The smallest absolute Gasteiger partial charge is 0.266 e. The van der Waals surface area contributed by atoms with Crippen LogP contribution in [0, 0.1) is 0 Å². The van der Waals surface area contributed by atoms with E-state index in [4.69, 9.17) is 23.2 Å². The minimum atomic E-state index is -0.149. The molecule has 1 aromatic heterocycles. The van der Waals surface area contributed by atoms with E-state index in [9.17, 15) is 4.79 Å². The molecule has 1 aromatic carbocycles. The number of hydrogen-bond acceptors (Lipinski definition) is 3. The van der Waals surface area contributed by atoms with Gasteiger partial charge >= 0.3 is 0 Å². The number of hydrogen-bond donors (Lipinski definition) is 1. The molecule has 6 heteroatoms. The van der Waals surface area contributed by atoms with Gasteiger partial charge in [0.1, 0.15) is 0 Å². The van der Waals surface area contributed by atoms with Gasteiger partial charge in [-0.25, -0.2) is 4.68 Å². The summed E-state index contributed by atoms with van der Waals surface area (Å²) in [6, 6.07) is 8.34. The molecule has 0 aliphatic carbocycles. The van der Waals surface area contributed by atoms with Crippen LogP contribution < -0.4 is 10.9 Å². The minimum Gasteiger partial charge on any atom is -0.323 e. The van der Waals surface area contributed by atoms with Crippen molar-refractivity contribution in [2.45, 2.75) is 0 Å². The van der Waals surface area contributed by atoms with Crippen LogP contribution in [-0.2, 0) is 7.05 Å². The Morgan fingerprint density at radius 1 is 1.11 bits per heavy atom. The average molecular weight is 300 g/mol. The lowest BCUT2D eigenvalue weighted by Gasteiger charge is -2.03. The lowest BCUT2D eigenvalue weighted by Crippen LogP contribution is -2.18. The quantitative estimate of drug-likeness (QED) is 0.880. The highest BCUT2D eigenvalue weighted by Crippen LogP contribution is 2.26. The van der Waals surface area contributed by atoms with Crippen LogP contribution in [0.5, 0.6) is 0 Å². The summed E-state index contributed by atoms with van der Waals surface area (Å²) in [5, 5.41) is 7.83. The Morgan fingerprint density at radius 3 is 2.26 bits per heavy atom. The average Bonchev–Trinajstić information content (AvgIpc) is 2.37. The maximum Gasteiger partial charge on any atom is 0.266 e. The molecule has 2 rings (SSSR count). The number of rotatable bonds is 1. The van der Waals surface area contributed by atoms with E-state index in [1.165, 1.54) is 10.7 Å². The molecule has 0 amide bonds. The largest absolute Gasteiger partial charge is 0.323 e. The Hall–Kier alpha value is -1.36. The third-order valence-electron chi connectivity index (χ3n) is 2.18. The second-order valence-corrected chi connectivity index (χ2v) is 4.62. The third-order valence-corrected chi connectivity index (χ3v) is 2.91. The van der Waals surface area contributed by atoms with E-state index in [0.29, 0.717) is 15.7 Å². The molecule has 0 atom stereocenters. The van der Waals surface area contributed by atoms with Crippen LogP contribution in [0.4, 0.5) is 0 Å². The van der Waals surface area contributed by atoms with Crippen LogP contribution in [0.25, 0.3) is 11.3 Å². The summed E-state index contributed by atoms with van der Waals surface area (Å²) in [7, 11) is 5.35. The van der Waals surface area contributed by atoms with E-state index >= 15 is 0 Å². The molecule has 19 heavy (non-hydrogen) atoms. The number of aryl methyl sites for hydroxylation is 1. The number of benzene rings is 1. The first kappa shape index (κ1) is 15.7. The van der Waals surface area contributed by atoms with Gasteiger partial charge in [0, 0.05) is 18.7 Å². The number of nitrogens with zero attached hydrogens (tertiary/aromatic N) is 2. The van der Waals surface area contributed by atoms with Gasteiger partial charge in [-0.2, -0.15) is 5.10 Å². The molecule has 0 fully saturated rings. The van der Waals surface area contributed by atoms with E-state index < -0.39 is 0 Å². The Labute approximate surface area is 122 Å². The highest BCUT2D eigenvalue weighted by molar-refractivity contribution is 6.42. The van der Waals surface area contributed by atoms with Gasteiger partial charge < -0.3 is 5.32 Å². The summed E-state index contributed by atoms with van der Waals surface area (Å²) in [5.41, 5.74) is 1.36. The maximum absolute atomic E-state index is 11.2. The first-order valence-corrected chi connectivity index (χ1v) is 6.33. The monoisotopic (exact) mass is 299 g/mol. The Morgan fingerprint density at radius 2 is 1.74 bits per heavy atom. The molecule has 0 radical (unpaired) electrons. The molecule has 4 nitrogen and oxygen atoms in total. The van der Waals surface area contributed by atoms with Crippen LogP contribution in [0.1, 0.15) is 0 Å². The molecule has 0 aliphatic rings. The van der Waals surface area contributed by atoms with E-state index in [1.54, 1.807) is 31.3 Å². The summed E-state index contributed by atoms with van der Waals surface area (Å²) < 4.78 is 1.28. The van der Waals surface area contributed by atoms with E-state index in [2.05, 4.69) is 10.4 Å². The molecule has 0 unspecified atom stereocenters. The fourth-order valence-electron chi connectivity index (χ4n) is 1.31. The van der Waals surface area contributed by atoms with Crippen molar-refractivity contribution in [2.24, 2.45) is 7.05 Å². The molecule has 1 N–H and O–H groups in total. The zero-order valence-electron chi connectivity index (χ0n) is 10.9. The van der Waals surface area contributed by atoms with Crippen LogP contribution >= 0.6 is 23.2 Å². The van der Waals surface area contributed by atoms with Crippen LogP contribution in [-0.4, -0.2) is 23.9 Å². The Bertz CT molecular complexity index is 611. The van der Waals surface area contributed by atoms with Gasteiger partial charge in [-0.1, -0.05) is 29.3 Å². The van der Waals surface area contributed by atoms with Crippen molar-refractivity contribution in [3.8, 4) is 11.3 Å². The van der Waals surface area contributed by atoms with Crippen LogP contribution in [0.2, 0.25) is 10.0 Å². The molecule has 2 aromatic rings. The van der Waals surface area contributed by atoms with Gasteiger partial charge in [-0.15, -0.1) is 0 Å². The first-order chi connectivity index (χ1) is 8.99. The maximum atomic E-state index is 11.2.